The summed E-state index contributed by atoms with van der Waals surface area (Å²) in [6.07, 6.45) is 23.1. The van der Waals surface area contributed by atoms with E-state index in [1.807, 2.05) is 6.21 Å². The number of rotatable bonds is 20. The second-order valence-corrected chi connectivity index (χ2v) is 10.7. The van der Waals surface area contributed by atoms with Crippen LogP contribution in [0.3, 0.4) is 0 Å². The fourth-order valence-corrected chi connectivity index (χ4v) is 4.81. The van der Waals surface area contributed by atoms with Crippen LogP contribution in [0.4, 0.5) is 11.4 Å². The molecular formula is C35H54N2. The van der Waals surface area contributed by atoms with Crippen LogP contribution in [0.5, 0.6) is 0 Å². The van der Waals surface area contributed by atoms with Crippen molar-refractivity contribution in [3.05, 3.63) is 59.2 Å². The van der Waals surface area contributed by atoms with Gasteiger partial charge < -0.3 is 0 Å². The molecule has 2 nitrogen and oxygen atoms in total. The van der Waals surface area contributed by atoms with Gasteiger partial charge in [0.25, 0.3) is 0 Å². The number of benzene rings is 2. The van der Waals surface area contributed by atoms with Gasteiger partial charge in [0.2, 0.25) is 0 Å². The fraction of sp³-hybridized carbons (Fsp3) is 0.600. The molecule has 204 valence electrons. The Morgan fingerprint density at radius 2 is 1.14 bits per heavy atom. The number of aliphatic imine (C=N–C) groups is 2. The lowest BCUT2D eigenvalue weighted by molar-refractivity contribution is 0.684. The lowest BCUT2D eigenvalue weighted by Crippen LogP contribution is -2.01. The summed E-state index contributed by atoms with van der Waals surface area (Å²) in [6, 6.07) is 15.7. The molecule has 2 aromatic rings. The molecule has 2 heteroatoms. The van der Waals surface area contributed by atoms with Crippen LogP contribution < -0.4 is 0 Å². The van der Waals surface area contributed by atoms with Crippen molar-refractivity contribution >= 4 is 23.3 Å². The molecule has 0 bridgehead atoms. The van der Waals surface area contributed by atoms with E-state index in [1.54, 1.807) is 0 Å². The molecular weight excluding hydrogens is 448 g/mol. The smallest absolute Gasteiger partial charge is 0.0636 e. The summed E-state index contributed by atoms with van der Waals surface area (Å²) in [6.45, 7) is 9.09. The van der Waals surface area contributed by atoms with Crippen molar-refractivity contribution in [2.24, 2.45) is 9.98 Å². The van der Waals surface area contributed by atoms with Gasteiger partial charge in [-0.1, -0.05) is 104 Å². The predicted molar refractivity (Wildman–Crippen MR) is 167 cm³/mol. The Bertz CT molecular complexity index is 907. The molecule has 0 unspecified atom stereocenters. The first kappa shape index (κ1) is 31.0. The molecule has 0 amide bonds. The van der Waals surface area contributed by atoms with Gasteiger partial charge in [-0.25, -0.2) is 0 Å². The van der Waals surface area contributed by atoms with Crippen LogP contribution >= 0.6 is 0 Å². The van der Waals surface area contributed by atoms with E-state index in [0.717, 1.165) is 29.9 Å². The highest BCUT2D eigenvalue weighted by Crippen LogP contribution is 2.24. The first-order valence-electron chi connectivity index (χ1n) is 15.5. The molecule has 2 aromatic carbocycles. The van der Waals surface area contributed by atoms with E-state index < -0.39 is 0 Å². The van der Waals surface area contributed by atoms with E-state index in [1.165, 1.54) is 113 Å². The lowest BCUT2D eigenvalue weighted by Gasteiger charge is -2.11. The van der Waals surface area contributed by atoms with Gasteiger partial charge in [-0.2, -0.15) is 0 Å². The molecule has 0 saturated heterocycles. The second kappa shape index (κ2) is 19.8. The Hall–Kier alpha value is -2.22. The van der Waals surface area contributed by atoms with Crippen LogP contribution in [-0.4, -0.2) is 11.9 Å². The molecule has 37 heavy (non-hydrogen) atoms. The van der Waals surface area contributed by atoms with Crippen LogP contribution in [0.15, 0.2) is 52.4 Å². The molecule has 0 radical (unpaired) electrons. The summed E-state index contributed by atoms with van der Waals surface area (Å²) in [5, 5.41) is 0. The van der Waals surface area contributed by atoms with Gasteiger partial charge in [-0.15, -0.1) is 0 Å². The molecule has 0 fully saturated rings. The quantitative estimate of drug-likeness (QED) is 0.127. The summed E-state index contributed by atoms with van der Waals surface area (Å²) >= 11 is 0. The highest BCUT2D eigenvalue weighted by atomic mass is 14.8. The van der Waals surface area contributed by atoms with E-state index in [2.05, 4.69) is 70.2 Å². The molecule has 0 aliphatic heterocycles. The fourth-order valence-electron chi connectivity index (χ4n) is 4.81. The molecule has 0 spiro atoms. The van der Waals surface area contributed by atoms with E-state index in [4.69, 9.17) is 9.98 Å². The Morgan fingerprint density at radius 1 is 0.568 bits per heavy atom. The predicted octanol–water partition coefficient (Wildman–Crippen LogP) is 11.3. The van der Waals surface area contributed by atoms with Gasteiger partial charge in [0.15, 0.2) is 0 Å². The molecule has 2 rings (SSSR count). The normalized spacial score (nSPS) is 12.1. The van der Waals surface area contributed by atoms with E-state index in [9.17, 15) is 0 Å². The van der Waals surface area contributed by atoms with Gasteiger partial charge in [0.1, 0.15) is 0 Å². The van der Waals surface area contributed by atoms with Crippen molar-refractivity contribution in [1.82, 2.24) is 0 Å². The van der Waals surface area contributed by atoms with Gasteiger partial charge in [0, 0.05) is 6.21 Å². The van der Waals surface area contributed by atoms with E-state index >= 15 is 0 Å². The molecule has 0 heterocycles. The number of hydrogen-bond acceptors (Lipinski definition) is 2. The zero-order valence-electron chi connectivity index (χ0n) is 24.5. The second-order valence-electron chi connectivity index (χ2n) is 10.7. The van der Waals surface area contributed by atoms with Crippen LogP contribution in [0.1, 0.15) is 134 Å². The topological polar surface area (TPSA) is 24.7 Å². The average Bonchev–Trinajstić information content (AvgIpc) is 2.92. The third-order valence-corrected chi connectivity index (χ3v) is 7.22. The number of unbranched alkanes of at least 4 members (excludes halogenated alkanes) is 9. The number of hydrogen-bond donors (Lipinski definition) is 0. The monoisotopic (exact) mass is 502 g/mol. The molecule has 0 aromatic heterocycles. The lowest BCUT2D eigenvalue weighted by atomic mass is 9.96. The van der Waals surface area contributed by atoms with E-state index in [0.29, 0.717) is 0 Å². The van der Waals surface area contributed by atoms with Gasteiger partial charge in [-0.3, -0.25) is 9.98 Å². The minimum absolute atomic E-state index is 0.988. The maximum Gasteiger partial charge on any atom is 0.0636 e. The molecule has 0 saturated carbocycles. The van der Waals surface area contributed by atoms with Crippen molar-refractivity contribution in [3.63, 3.8) is 0 Å². The molecule has 0 aliphatic carbocycles. The van der Waals surface area contributed by atoms with Gasteiger partial charge in [-0.05, 0) is 92.3 Å². The maximum atomic E-state index is 5.13. The Labute approximate surface area is 229 Å². The average molecular weight is 503 g/mol. The summed E-state index contributed by atoms with van der Waals surface area (Å²) in [5.74, 6) is 0. The maximum absolute atomic E-state index is 5.13. The zero-order chi connectivity index (χ0) is 26.6. The van der Waals surface area contributed by atoms with E-state index in [-0.39, 0.29) is 0 Å². The van der Waals surface area contributed by atoms with Crippen molar-refractivity contribution < 1.29 is 0 Å². The summed E-state index contributed by atoms with van der Waals surface area (Å²) < 4.78 is 0. The van der Waals surface area contributed by atoms with Crippen LogP contribution in [0, 0.1) is 0 Å². The molecule has 0 aliphatic rings. The van der Waals surface area contributed by atoms with Crippen LogP contribution in [0.25, 0.3) is 0 Å². The third-order valence-electron chi connectivity index (χ3n) is 7.22. The minimum atomic E-state index is 0.988. The van der Waals surface area contributed by atoms with Gasteiger partial charge in [0.05, 0.1) is 17.1 Å². The van der Waals surface area contributed by atoms with Crippen molar-refractivity contribution in [1.29, 1.82) is 0 Å². The Kier molecular flexibility index (Phi) is 16.6. The Morgan fingerprint density at radius 3 is 1.78 bits per heavy atom. The zero-order valence-corrected chi connectivity index (χ0v) is 24.5. The molecule has 0 N–H and O–H groups in total. The third kappa shape index (κ3) is 13.2. The van der Waals surface area contributed by atoms with Gasteiger partial charge >= 0.3 is 0 Å². The number of nitrogens with zero attached hydrogens (tertiary/aromatic N) is 2. The Balaban J connectivity index is 2.20. The summed E-state index contributed by atoms with van der Waals surface area (Å²) in [7, 11) is 0. The molecule has 0 atom stereocenters. The standard InChI is InChI=1S/C35H54N2/c1-5-9-13-17-21-35(29-36-33-25-22-30(23-26-33)18-14-10-6-2)37-34-27-24-31(19-15-11-7-3)32(28-34)20-16-12-8-4/h22-29H,5-21H2,1-4H3. The van der Waals surface area contributed by atoms with Crippen LogP contribution in [-0.2, 0) is 19.3 Å². The first-order valence-corrected chi connectivity index (χ1v) is 15.5. The van der Waals surface area contributed by atoms with Crippen molar-refractivity contribution in [2.75, 3.05) is 0 Å². The number of aryl methyl sites for hydroxylation is 3. The SMILES string of the molecule is CCCCCCC(C=Nc1ccc(CCCCC)cc1)=Nc1ccc(CCCCC)c(CCCCC)c1. The van der Waals surface area contributed by atoms with Crippen molar-refractivity contribution in [2.45, 2.75) is 137 Å². The van der Waals surface area contributed by atoms with Crippen LogP contribution in [0.2, 0.25) is 0 Å². The highest BCUT2D eigenvalue weighted by Gasteiger charge is 2.06. The highest BCUT2D eigenvalue weighted by molar-refractivity contribution is 6.31. The first-order chi connectivity index (χ1) is 18.2. The largest absolute Gasteiger partial charge is 0.255 e. The van der Waals surface area contributed by atoms with Crippen molar-refractivity contribution in [3.8, 4) is 0 Å². The minimum Gasteiger partial charge on any atom is -0.255 e. The summed E-state index contributed by atoms with van der Waals surface area (Å²) in [5.41, 5.74) is 7.66. The summed E-state index contributed by atoms with van der Waals surface area (Å²) in [4.78, 5) is 9.97.